The fourth-order valence-corrected chi connectivity index (χ4v) is 8.58. The predicted molar refractivity (Wildman–Crippen MR) is 184 cm³/mol. The zero-order valence-electron chi connectivity index (χ0n) is 28.9. The van der Waals surface area contributed by atoms with E-state index in [9.17, 15) is 14.0 Å². The number of imidazole rings is 1. The number of hydrogen-bond donors (Lipinski definition) is 3. The zero-order valence-corrected chi connectivity index (χ0v) is 29.7. The van der Waals surface area contributed by atoms with Crippen LogP contribution >= 0.6 is 11.6 Å². The van der Waals surface area contributed by atoms with Gasteiger partial charge in [-0.2, -0.15) is 14.8 Å². The second-order valence-corrected chi connectivity index (χ2v) is 15.1. The number of fused-ring (bicyclic) bond motifs is 3. The molecule has 52 heavy (non-hydrogen) atoms. The molecule has 6 unspecified atom stereocenters. The summed E-state index contributed by atoms with van der Waals surface area (Å²) >= 11 is 6.19. The first-order valence-corrected chi connectivity index (χ1v) is 18.5. The van der Waals surface area contributed by atoms with Gasteiger partial charge in [-0.3, -0.25) is 9.36 Å². The summed E-state index contributed by atoms with van der Waals surface area (Å²) in [5.41, 5.74) is 1.22. The van der Waals surface area contributed by atoms with Crippen LogP contribution in [-0.2, 0) is 24.0 Å². The molecule has 1 aromatic carbocycles. The number of aryl methyl sites for hydroxylation is 1. The van der Waals surface area contributed by atoms with Crippen LogP contribution in [0.1, 0.15) is 91.9 Å². The molecular formula is C36H43ClFN7O7. The molecule has 14 nitrogen and oxygen atoms in total. The van der Waals surface area contributed by atoms with E-state index in [1.54, 1.807) is 17.0 Å². The van der Waals surface area contributed by atoms with Gasteiger partial charge in [-0.15, -0.1) is 0 Å². The van der Waals surface area contributed by atoms with Crippen LogP contribution in [0.3, 0.4) is 0 Å². The van der Waals surface area contributed by atoms with Gasteiger partial charge in [0, 0.05) is 74.0 Å². The Hall–Kier alpha value is -3.89. The molecule has 3 saturated carbocycles. The van der Waals surface area contributed by atoms with E-state index in [2.05, 4.69) is 30.9 Å². The highest BCUT2D eigenvalue weighted by Gasteiger charge is 2.63. The quantitative estimate of drug-likeness (QED) is 0.232. The van der Waals surface area contributed by atoms with Crippen LogP contribution in [0.25, 0.3) is 5.82 Å². The van der Waals surface area contributed by atoms with E-state index < -0.39 is 41.5 Å². The Bertz CT molecular complexity index is 1790. The molecule has 16 heteroatoms. The first-order valence-electron chi connectivity index (χ1n) is 18.1. The van der Waals surface area contributed by atoms with Gasteiger partial charge in [0.05, 0.1) is 6.04 Å². The number of nitrogens with zero attached hydrogens (tertiary/aromatic N) is 4. The van der Waals surface area contributed by atoms with Crippen LogP contribution < -0.4 is 16.0 Å². The molecule has 5 aliphatic rings. The minimum absolute atomic E-state index is 0.0894. The van der Waals surface area contributed by atoms with Crippen LogP contribution in [0.5, 0.6) is 0 Å². The first-order chi connectivity index (χ1) is 25.1. The lowest BCUT2D eigenvalue weighted by Gasteiger charge is -2.36. The molecule has 2 amide bonds. The summed E-state index contributed by atoms with van der Waals surface area (Å²) in [5, 5.41) is 9.11. The number of anilines is 1. The smallest absolute Gasteiger partial charge is 0.407 e. The zero-order chi connectivity index (χ0) is 35.9. The number of aromatic nitrogens is 4. The lowest BCUT2D eigenvalue weighted by atomic mass is 9.90. The fraction of sp³-hybridized carbons (Fsp3) is 0.583. The molecule has 8 rings (SSSR count). The highest BCUT2D eigenvalue weighted by atomic mass is 35.5. The third-order valence-corrected chi connectivity index (χ3v) is 11.1. The maximum atomic E-state index is 14.5. The van der Waals surface area contributed by atoms with Crippen molar-refractivity contribution in [3.63, 3.8) is 0 Å². The molecule has 278 valence electrons. The van der Waals surface area contributed by atoms with Crippen molar-refractivity contribution in [3.05, 3.63) is 64.6 Å². The number of carbonyl (C=O) groups excluding carboxylic acids is 2. The molecule has 3 aromatic rings. The normalized spacial score (nSPS) is 29.0. The van der Waals surface area contributed by atoms with Crippen LogP contribution in [0.15, 0.2) is 36.9 Å². The standard InChI is InChI=1S/C36H43ClFN7O7/c1-21-17-39-33(42-27-6-9-48-10-7-27)44-31(21)45-19-30(41-20-45)32(46)43-29(23-12-25(37)14-26(38)13-23)18-40-34(47)49-28-3-2-8-35(16-28)50-36(52-51-35)15-22-4-5-24(36)11-22/h12-14,17,19-20,22,24,27-29H,2-11,15-16,18H2,1H3,(H,40,47)(H,43,46)(H,39,42,44). The van der Waals surface area contributed by atoms with Gasteiger partial charge in [0.1, 0.15) is 29.8 Å². The van der Waals surface area contributed by atoms with E-state index in [-0.39, 0.29) is 23.3 Å². The molecule has 2 aromatic heterocycles. The van der Waals surface area contributed by atoms with Crippen molar-refractivity contribution < 1.29 is 38.0 Å². The average Bonchev–Trinajstić information content (AvgIpc) is 3.93. The third kappa shape index (κ3) is 7.47. The Balaban J connectivity index is 0.913. The summed E-state index contributed by atoms with van der Waals surface area (Å²) in [7, 11) is 0. The number of amides is 2. The Morgan fingerprint density at radius 3 is 2.77 bits per heavy atom. The van der Waals surface area contributed by atoms with Gasteiger partial charge in [0.15, 0.2) is 0 Å². The Labute approximate surface area is 305 Å². The van der Waals surface area contributed by atoms with Gasteiger partial charge in [0.25, 0.3) is 5.91 Å². The van der Waals surface area contributed by atoms with E-state index in [1.807, 2.05) is 6.92 Å². The summed E-state index contributed by atoms with van der Waals surface area (Å²) in [6, 6.07) is 3.28. The van der Waals surface area contributed by atoms with Crippen LogP contribution in [0.2, 0.25) is 5.02 Å². The number of nitrogens with one attached hydrogen (secondary N) is 3. The molecule has 2 bridgehead atoms. The number of alkyl carbamates (subject to hydrolysis) is 1. The Kier molecular flexibility index (Phi) is 9.80. The van der Waals surface area contributed by atoms with Crippen molar-refractivity contribution in [2.24, 2.45) is 11.8 Å². The van der Waals surface area contributed by atoms with Crippen molar-refractivity contribution >= 4 is 29.5 Å². The molecule has 2 aliphatic heterocycles. The lowest BCUT2D eigenvalue weighted by molar-refractivity contribution is -0.363. The van der Waals surface area contributed by atoms with Crippen LogP contribution in [-0.4, -0.2) is 75.0 Å². The summed E-state index contributed by atoms with van der Waals surface area (Å²) in [6.07, 6.45) is 11.9. The highest BCUT2D eigenvalue weighted by Crippen LogP contribution is 2.59. The monoisotopic (exact) mass is 739 g/mol. The maximum absolute atomic E-state index is 14.5. The molecule has 3 N–H and O–H groups in total. The van der Waals surface area contributed by atoms with E-state index in [4.69, 9.17) is 35.6 Å². The molecule has 5 fully saturated rings. The summed E-state index contributed by atoms with van der Waals surface area (Å²) in [5.74, 6) is -0.821. The minimum atomic E-state index is -0.945. The SMILES string of the molecule is Cc1cnc(NC2CCOCC2)nc1-n1cnc(C(=O)NC(CNC(=O)OC2CCCC3(C2)OOC2(CC4CCC2C4)O3)c2cc(F)cc(Cl)c2)c1. The predicted octanol–water partition coefficient (Wildman–Crippen LogP) is 5.69. The maximum Gasteiger partial charge on any atom is 0.407 e. The molecule has 3 aliphatic carbocycles. The minimum Gasteiger partial charge on any atom is -0.446 e. The second-order valence-electron chi connectivity index (χ2n) is 14.7. The number of benzene rings is 1. The van der Waals surface area contributed by atoms with Crippen molar-refractivity contribution in [1.29, 1.82) is 0 Å². The largest absolute Gasteiger partial charge is 0.446 e. The van der Waals surface area contributed by atoms with Gasteiger partial charge in [0.2, 0.25) is 17.5 Å². The highest BCUT2D eigenvalue weighted by molar-refractivity contribution is 6.30. The van der Waals surface area contributed by atoms with E-state index in [1.165, 1.54) is 30.9 Å². The van der Waals surface area contributed by atoms with Crippen molar-refractivity contribution in [1.82, 2.24) is 30.2 Å². The number of carbonyl (C=O) groups is 2. The number of rotatable bonds is 9. The van der Waals surface area contributed by atoms with E-state index in [0.29, 0.717) is 61.6 Å². The van der Waals surface area contributed by atoms with E-state index in [0.717, 1.165) is 44.1 Å². The molecule has 0 radical (unpaired) electrons. The van der Waals surface area contributed by atoms with Crippen molar-refractivity contribution in [2.45, 2.75) is 101 Å². The van der Waals surface area contributed by atoms with Crippen LogP contribution in [0, 0.1) is 24.6 Å². The molecule has 4 heterocycles. The van der Waals surface area contributed by atoms with Gasteiger partial charge in [-0.05, 0) is 81.5 Å². The Morgan fingerprint density at radius 1 is 1.12 bits per heavy atom. The molecule has 2 saturated heterocycles. The Morgan fingerprint density at radius 2 is 1.98 bits per heavy atom. The first kappa shape index (κ1) is 35.2. The van der Waals surface area contributed by atoms with Gasteiger partial charge < -0.3 is 30.2 Å². The number of halogens is 2. The topological polar surface area (TPSA) is 160 Å². The van der Waals surface area contributed by atoms with Crippen molar-refractivity contribution in [2.75, 3.05) is 25.1 Å². The van der Waals surface area contributed by atoms with E-state index >= 15 is 0 Å². The number of hydrogen-bond acceptors (Lipinski definition) is 11. The number of ether oxygens (including phenoxy) is 3. The van der Waals surface area contributed by atoms with Gasteiger partial charge in [-0.1, -0.05) is 11.6 Å². The van der Waals surface area contributed by atoms with Crippen LogP contribution in [0.4, 0.5) is 15.1 Å². The second kappa shape index (κ2) is 14.5. The summed E-state index contributed by atoms with van der Waals surface area (Å²) in [4.78, 5) is 51.9. The van der Waals surface area contributed by atoms with Gasteiger partial charge in [-0.25, -0.2) is 19.2 Å². The fourth-order valence-electron chi connectivity index (χ4n) is 8.35. The lowest BCUT2D eigenvalue weighted by Crippen LogP contribution is -2.45. The molecule has 2 spiro atoms. The van der Waals surface area contributed by atoms with Gasteiger partial charge >= 0.3 is 6.09 Å². The summed E-state index contributed by atoms with van der Waals surface area (Å²) in [6.45, 7) is 3.11. The third-order valence-electron chi connectivity index (χ3n) is 10.9. The molecule has 6 atom stereocenters. The van der Waals surface area contributed by atoms with Crippen molar-refractivity contribution in [3.8, 4) is 5.82 Å². The average molecular weight is 740 g/mol. The summed E-state index contributed by atoms with van der Waals surface area (Å²) < 4.78 is 33.9. The molecular weight excluding hydrogens is 697 g/mol.